The molecule has 0 aliphatic carbocycles. The highest BCUT2D eigenvalue weighted by molar-refractivity contribution is 5.50. The van der Waals surface area contributed by atoms with E-state index in [9.17, 15) is 0 Å². The van der Waals surface area contributed by atoms with Crippen molar-refractivity contribution in [3.63, 3.8) is 0 Å². The van der Waals surface area contributed by atoms with Crippen LogP contribution in [-0.4, -0.2) is 60.7 Å². The van der Waals surface area contributed by atoms with E-state index in [-0.39, 0.29) is 6.10 Å². The third-order valence-corrected chi connectivity index (χ3v) is 5.56. The molecule has 0 spiro atoms. The summed E-state index contributed by atoms with van der Waals surface area (Å²) in [7, 11) is 4.99. The molecule has 1 saturated heterocycles. The van der Waals surface area contributed by atoms with Crippen LogP contribution in [0.3, 0.4) is 0 Å². The highest BCUT2D eigenvalue weighted by Gasteiger charge is 2.27. The summed E-state index contributed by atoms with van der Waals surface area (Å²) in [5.41, 5.74) is 1.03. The molecule has 0 N–H and O–H groups in total. The summed E-state index contributed by atoms with van der Waals surface area (Å²) < 4.78 is 24.6. The molecule has 1 fully saturated rings. The molecule has 0 bridgehead atoms. The fourth-order valence-corrected chi connectivity index (χ4v) is 4.02. The molecule has 1 aromatic carbocycles. The number of ether oxygens (including phenoxy) is 4. The minimum Gasteiger partial charge on any atom is -0.496 e. The van der Waals surface area contributed by atoms with E-state index in [1.807, 2.05) is 12.1 Å². The molecule has 8 heteroatoms. The Labute approximate surface area is 165 Å². The van der Waals surface area contributed by atoms with Crippen LogP contribution in [0.4, 0.5) is 0 Å². The highest BCUT2D eigenvalue weighted by atomic mass is 16.5. The maximum Gasteiger partial charge on any atom is 0.162 e. The molecule has 1 atom stereocenters. The Bertz CT molecular complexity index is 792. The second-order valence-electron chi connectivity index (χ2n) is 7.16. The molecule has 28 heavy (non-hydrogen) atoms. The highest BCUT2D eigenvalue weighted by Crippen LogP contribution is 2.35. The second kappa shape index (κ2) is 8.36. The monoisotopic (exact) mass is 388 g/mol. The van der Waals surface area contributed by atoms with Crippen LogP contribution < -0.4 is 14.2 Å². The van der Waals surface area contributed by atoms with Gasteiger partial charge in [0.1, 0.15) is 29.2 Å². The first kappa shape index (κ1) is 19.0. The predicted molar refractivity (Wildman–Crippen MR) is 103 cm³/mol. The van der Waals surface area contributed by atoms with Gasteiger partial charge < -0.3 is 23.5 Å². The number of nitrogens with zero attached hydrogens (tertiary/aromatic N) is 4. The van der Waals surface area contributed by atoms with Gasteiger partial charge in [-0.3, -0.25) is 4.90 Å². The molecule has 3 heterocycles. The van der Waals surface area contributed by atoms with E-state index >= 15 is 0 Å². The van der Waals surface area contributed by atoms with Crippen molar-refractivity contribution in [2.45, 2.75) is 38.5 Å². The van der Waals surface area contributed by atoms with Crippen LogP contribution >= 0.6 is 0 Å². The van der Waals surface area contributed by atoms with E-state index in [0.29, 0.717) is 0 Å². The lowest BCUT2D eigenvalue weighted by molar-refractivity contribution is 0.101. The lowest BCUT2D eigenvalue weighted by Crippen LogP contribution is -2.27. The van der Waals surface area contributed by atoms with Crippen LogP contribution in [-0.2, 0) is 24.2 Å². The van der Waals surface area contributed by atoms with Crippen molar-refractivity contribution < 1.29 is 18.9 Å². The summed E-state index contributed by atoms with van der Waals surface area (Å²) >= 11 is 0. The molecule has 1 aromatic heterocycles. The normalized spacial score (nSPS) is 19.9. The summed E-state index contributed by atoms with van der Waals surface area (Å²) in [4.78, 5) is 2.40. The zero-order chi connectivity index (χ0) is 19.5. The Kier molecular flexibility index (Phi) is 5.68. The average Bonchev–Trinajstić information content (AvgIpc) is 3.35. The van der Waals surface area contributed by atoms with Gasteiger partial charge >= 0.3 is 0 Å². The molecule has 2 aromatic rings. The van der Waals surface area contributed by atoms with Gasteiger partial charge in [-0.15, -0.1) is 10.2 Å². The first-order valence-corrected chi connectivity index (χ1v) is 9.78. The van der Waals surface area contributed by atoms with Crippen LogP contribution in [0.25, 0.3) is 0 Å². The predicted octanol–water partition coefficient (Wildman–Crippen LogP) is 2.21. The maximum absolute atomic E-state index is 5.83. The third-order valence-electron chi connectivity index (χ3n) is 5.56. The van der Waals surface area contributed by atoms with Crippen molar-refractivity contribution in [2.75, 3.05) is 41.0 Å². The first-order chi connectivity index (χ1) is 13.7. The Morgan fingerprint density at radius 1 is 1.04 bits per heavy atom. The Hall–Kier alpha value is -2.32. The van der Waals surface area contributed by atoms with Crippen molar-refractivity contribution in [1.29, 1.82) is 0 Å². The van der Waals surface area contributed by atoms with Gasteiger partial charge in [-0.2, -0.15) is 0 Å². The molecule has 0 radical (unpaired) electrons. The zero-order valence-electron chi connectivity index (χ0n) is 16.8. The fraction of sp³-hybridized carbons (Fsp3) is 0.600. The lowest BCUT2D eigenvalue weighted by atomic mass is 10.1. The number of methoxy groups -OCH3 is 3. The van der Waals surface area contributed by atoms with Gasteiger partial charge in [-0.1, -0.05) is 0 Å². The van der Waals surface area contributed by atoms with Crippen LogP contribution in [0, 0.1) is 0 Å². The SMILES string of the molecule is COc1cc(OC)c(CN2CCc3nnc([C@H]4CCCO4)n3CC2)c(OC)c1. The van der Waals surface area contributed by atoms with Gasteiger partial charge in [0.2, 0.25) is 0 Å². The molecule has 0 saturated carbocycles. The van der Waals surface area contributed by atoms with Crippen molar-refractivity contribution in [3.8, 4) is 17.2 Å². The van der Waals surface area contributed by atoms with E-state index in [4.69, 9.17) is 18.9 Å². The quantitative estimate of drug-likeness (QED) is 0.751. The standard InChI is InChI=1S/C20H28N4O4/c1-25-14-11-17(26-2)15(18(12-14)27-3)13-23-7-6-19-21-22-20(24(19)9-8-23)16-5-4-10-28-16/h11-12,16H,4-10,13H2,1-3H3/t16-/m1/s1. The average molecular weight is 388 g/mol. The number of rotatable bonds is 6. The number of fused-ring (bicyclic) bond motifs is 1. The van der Waals surface area contributed by atoms with Crippen LogP contribution in [0.2, 0.25) is 0 Å². The van der Waals surface area contributed by atoms with E-state index in [2.05, 4.69) is 19.7 Å². The second-order valence-corrected chi connectivity index (χ2v) is 7.16. The van der Waals surface area contributed by atoms with E-state index in [0.717, 1.165) is 86.5 Å². The van der Waals surface area contributed by atoms with E-state index in [1.165, 1.54) is 0 Å². The number of hydrogen-bond acceptors (Lipinski definition) is 7. The molecule has 8 nitrogen and oxygen atoms in total. The maximum atomic E-state index is 5.83. The van der Waals surface area contributed by atoms with E-state index < -0.39 is 0 Å². The number of hydrogen-bond donors (Lipinski definition) is 0. The van der Waals surface area contributed by atoms with Gasteiger partial charge in [0, 0.05) is 51.3 Å². The molecular formula is C20H28N4O4. The number of aromatic nitrogens is 3. The Balaban J connectivity index is 1.51. The molecule has 2 aliphatic heterocycles. The molecular weight excluding hydrogens is 360 g/mol. The van der Waals surface area contributed by atoms with Crippen LogP contribution in [0.15, 0.2) is 12.1 Å². The summed E-state index contributed by atoms with van der Waals surface area (Å²) in [6.07, 6.45) is 3.08. The smallest absolute Gasteiger partial charge is 0.162 e. The summed E-state index contributed by atoms with van der Waals surface area (Å²) in [5.74, 6) is 4.30. The molecule has 0 amide bonds. The van der Waals surface area contributed by atoms with Crippen molar-refractivity contribution >= 4 is 0 Å². The number of benzene rings is 1. The van der Waals surface area contributed by atoms with Gasteiger partial charge in [-0.25, -0.2) is 0 Å². The lowest BCUT2D eigenvalue weighted by Gasteiger charge is -2.23. The summed E-state index contributed by atoms with van der Waals surface area (Å²) in [6, 6.07) is 3.81. The van der Waals surface area contributed by atoms with Crippen LogP contribution in [0.1, 0.15) is 36.2 Å². The zero-order valence-corrected chi connectivity index (χ0v) is 16.8. The van der Waals surface area contributed by atoms with Crippen molar-refractivity contribution in [1.82, 2.24) is 19.7 Å². The van der Waals surface area contributed by atoms with Gasteiger partial charge in [0.25, 0.3) is 0 Å². The Morgan fingerprint density at radius 3 is 2.46 bits per heavy atom. The summed E-state index contributed by atoms with van der Waals surface area (Å²) in [6.45, 7) is 4.23. The molecule has 0 unspecified atom stereocenters. The molecule has 2 aliphatic rings. The summed E-state index contributed by atoms with van der Waals surface area (Å²) in [5, 5.41) is 8.85. The molecule has 4 rings (SSSR count). The van der Waals surface area contributed by atoms with Crippen molar-refractivity contribution in [2.24, 2.45) is 0 Å². The third kappa shape index (κ3) is 3.66. The largest absolute Gasteiger partial charge is 0.496 e. The van der Waals surface area contributed by atoms with Gasteiger partial charge in [-0.05, 0) is 12.8 Å². The fourth-order valence-electron chi connectivity index (χ4n) is 4.02. The molecule has 152 valence electrons. The van der Waals surface area contributed by atoms with Gasteiger partial charge in [0.15, 0.2) is 5.82 Å². The Morgan fingerprint density at radius 2 is 1.82 bits per heavy atom. The minimum absolute atomic E-state index is 0.0922. The van der Waals surface area contributed by atoms with Gasteiger partial charge in [0.05, 0.1) is 26.9 Å². The topological polar surface area (TPSA) is 70.9 Å². The minimum atomic E-state index is 0.0922. The van der Waals surface area contributed by atoms with Crippen LogP contribution in [0.5, 0.6) is 17.2 Å². The van der Waals surface area contributed by atoms with E-state index in [1.54, 1.807) is 21.3 Å². The first-order valence-electron chi connectivity index (χ1n) is 9.78. The van der Waals surface area contributed by atoms with Crippen molar-refractivity contribution in [3.05, 3.63) is 29.3 Å².